The van der Waals surface area contributed by atoms with E-state index in [0.717, 1.165) is 43.3 Å². The molecule has 0 amide bonds. The molecule has 106 valence electrons. The van der Waals surface area contributed by atoms with Crippen LogP contribution in [0, 0.1) is 13.8 Å². The Bertz CT molecular complexity index is 589. The van der Waals surface area contributed by atoms with E-state index in [2.05, 4.69) is 20.3 Å². The van der Waals surface area contributed by atoms with Crippen molar-refractivity contribution in [3.63, 3.8) is 0 Å². The zero-order valence-corrected chi connectivity index (χ0v) is 11.8. The zero-order valence-electron chi connectivity index (χ0n) is 11.8. The Morgan fingerprint density at radius 3 is 2.75 bits per heavy atom. The molecule has 0 aromatic carbocycles. The summed E-state index contributed by atoms with van der Waals surface area (Å²) in [4.78, 5) is 13.3. The summed E-state index contributed by atoms with van der Waals surface area (Å²) in [6.45, 7) is 5.58. The third-order valence-corrected chi connectivity index (χ3v) is 3.55. The standard InChI is InChI=1S/C14H19N5O/c1-10-9-16-14(17-12-3-7-20-8-4-12)18-13(10)19-6-5-15-11(19)2/h5-6,9,12H,3-4,7-8H2,1-2H3,(H,16,17,18). The Balaban J connectivity index is 1.85. The number of nitrogens with one attached hydrogen (secondary N) is 1. The van der Waals surface area contributed by atoms with Crippen LogP contribution in [0.2, 0.25) is 0 Å². The van der Waals surface area contributed by atoms with Crippen LogP contribution < -0.4 is 5.32 Å². The van der Waals surface area contributed by atoms with Gasteiger partial charge in [0.2, 0.25) is 5.95 Å². The first-order valence-corrected chi connectivity index (χ1v) is 6.92. The molecule has 1 aliphatic heterocycles. The lowest BCUT2D eigenvalue weighted by atomic mass is 10.1. The van der Waals surface area contributed by atoms with Crippen molar-refractivity contribution >= 4 is 5.95 Å². The predicted octanol–water partition coefficient (Wildman–Crippen LogP) is 1.87. The molecule has 0 spiro atoms. The maximum atomic E-state index is 5.36. The van der Waals surface area contributed by atoms with Gasteiger partial charge in [-0.15, -0.1) is 0 Å². The Labute approximate surface area is 118 Å². The van der Waals surface area contributed by atoms with E-state index < -0.39 is 0 Å². The van der Waals surface area contributed by atoms with Crippen molar-refractivity contribution < 1.29 is 4.74 Å². The first-order chi connectivity index (χ1) is 9.74. The van der Waals surface area contributed by atoms with Gasteiger partial charge in [-0.05, 0) is 26.7 Å². The van der Waals surface area contributed by atoms with E-state index in [1.54, 1.807) is 6.20 Å². The molecule has 6 heteroatoms. The fourth-order valence-corrected chi connectivity index (χ4v) is 2.37. The van der Waals surface area contributed by atoms with Crippen LogP contribution in [-0.2, 0) is 4.74 Å². The minimum absolute atomic E-state index is 0.392. The predicted molar refractivity (Wildman–Crippen MR) is 76.1 cm³/mol. The topological polar surface area (TPSA) is 64.9 Å². The number of ether oxygens (including phenoxy) is 1. The number of nitrogens with zero attached hydrogens (tertiary/aromatic N) is 4. The smallest absolute Gasteiger partial charge is 0.224 e. The van der Waals surface area contributed by atoms with Crippen LogP contribution in [0.5, 0.6) is 0 Å². The average Bonchev–Trinajstić information content (AvgIpc) is 2.88. The number of aromatic nitrogens is 4. The molecular weight excluding hydrogens is 254 g/mol. The molecule has 0 radical (unpaired) electrons. The minimum atomic E-state index is 0.392. The summed E-state index contributed by atoms with van der Waals surface area (Å²) in [6, 6.07) is 0.392. The van der Waals surface area contributed by atoms with Gasteiger partial charge in [0.15, 0.2) is 0 Å². The highest BCUT2D eigenvalue weighted by Gasteiger charge is 2.15. The normalized spacial score (nSPS) is 16.3. The van der Waals surface area contributed by atoms with Crippen molar-refractivity contribution in [2.45, 2.75) is 32.7 Å². The Morgan fingerprint density at radius 1 is 1.25 bits per heavy atom. The molecule has 6 nitrogen and oxygen atoms in total. The quantitative estimate of drug-likeness (QED) is 0.925. The lowest BCUT2D eigenvalue weighted by Gasteiger charge is -2.23. The minimum Gasteiger partial charge on any atom is -0.381 e. The molecule has 2 aromatic heterocycles. The summed E-state index contributed by atoms with van der Waals surface area (Å²) in [5.74, 6) is 2.47. The van der Waals surface area contributed by atoms with Crippen LogP contribution in [0.3, 0.4) is 0 Å². The summed E-state index contributed by atoms with van der Waals surface area (Å²) in [6.07, 6.45) is 7.54. The van der Waals surface area contributed by atoms with Crippen molar-refractivity contribution in [2.75, 3.05) is 18.5 Å². The largest absolute Gasteiger partial charge is 0.381 e. The van der Waals surface area contributed by atoms with Crippen molar-refractivity contribution in [2.24, 2.45) is 0 Å². The molecule has 3 rings (SSSR count). The van der Waals surface area contributed by atoms with E-state index in [1.165, 1.54) is 0 Å². The molecule has 0 bridgehead atoms. The molecule has 1 saturated heterocycles. The zero-order chi connectivity index (χ0) is 13.9. The van der Waals surface area contributed by atoms with Gasteiger partial charge >= 0.3 is 0 Å². The van der Waals surface area contributed by atoms with E-state index in [0.29, 0.717) is 12.0 Å². The molecule has 20 heavy (non-hydrogen) atoms. The number of anilines is 1. The van der Waals surface area contributed by atoms with Gasteiger partial charge < -0.3 is 10.1 Å². The first kappa shape index (κ1) is 13.1. The van der Waals surface area contributed by atoms with Gasteiger partial charge in [-0.2, -0.15) is 4.98 Å². The fourth-order valence-electron chi connectivity index (χ4n) is 2.37. The van der Waals surface area contributed by atoms with Crippen molar-refractivity contribution in [3.8, 4) is 5.82 Å². The number of aryl methyl sites for hydroxylation is 2. The molecule has 1 N–H and O–H groups in total. The third kappa shape index (κ3) is 2.65. The van der Waals surface area contributed by atoms with Gasteiger partial charge in [-0.1, -0.05) is 0 Å². The second-order valence-electron chi connectivity index (χ2n) is 5.08. The molecule has 0 saturated carbocycles. The van der Waals surface area contributed by atoms with Gasteiger partial charge in [0.25, 0.3) is 0 Å². The molecule has 3 heterocycles. The molecule has 0 atom stereocenters. The van der Waals surface area contributed by atoms with Crippen LogP contribution in [-0.4, -0.2) is 38.8 Å². The van der Waals surface area contributed by atoms with Crippen molar-refractivity contribution in [1.82, 2.24) is 19.5 Å². The lowest BCUT2D eigenvalue weighted by molar-refractivity contribution is 0.0903. The lowest BCUT2D eigenvalue weighted by Crippen LogP contribution is -2.28. The van der Waals surface area contributed by atoms with Crippen molar-refractivity contribution in [1.29, 1.82) is 0 Å². The SMILES string of the molecule is Cc1cnc(NC2CCOCC2)nc1-n1ccnc1C. The van der Waals surface area contributed by atoms with Crippen LogP contribution in [0.1, 0.15) is 24.2 Å². The highest BCUT2D eigenvalue weighted by atomic mass is 16.5. The molecule has 2 aromatic rings. The summed E-state index contributed by atoms with van der Waals surface area (Å²) < 4.78 is 7.34. The van der Waals surface area contributed by atoms with Gasteiger partial charge in [-0.3, -0.25) is 4.57 Å². The summed E-state index contributed by atoms with van der Waals surface area (Å²) in [7, 11) is 0. The van der Waals surface area contributed by atoms with E-state index >= 15 is 0 Å². The van der Waals surface area contributed by atoms with Crippen molar-refractivity contribution in [3.05, 3.63) is 30.0 Å². The summed E-state index contributed by atoms with van der Waals surface area (Å²) in [5.41, 5.74) is 1.03. The van der Waals surface area contributed by atoms with E-state index in [-0.39, 0.29) is 0 Å². The highest BCUT2D eigenvalue weighted by Crippen LogP contribution is 2.16. The van der Waals surface area contributed by atoms with E-state index in [1.807, 2.05) is 30.8 Å². The van der Waals surface area contributed by atoms with Gasteiger partial charge in [0.1, 0.15) is 11.6 Å². The monoisotopic (exact) mass is 273 g/mol. The van der Waals surface area contributed by atoms with E-state index in [9.17, 15) is 0 Å². The summed E-state index contributed by atoms with van der Waals surface area (Å²) >= 11 is 0. The molecule has 0 unspecified atom stereocenters. The van der Waals surface area contributed by atoms with Gasteiger partial charge in [-0.25, -0.2) is 9.97 Å². The Hall–Kier alpha value is -1.95. The van der Waals surface area contributed by atoms with Crippen LogP contribution in [0.4, 0.5) is 5.95 Å². The molecule has 1 aliphatic rings. The fraction of sp³-hybridized carbons (Fsp3) is 0.500. The van der Waals surface area contributed by atoms with E-state index in [4.69, 9.17) is 4.74 Å². The Morgan fingerprint density at radius 2 is 2.05 bits per heavy atom. The maximum Gasteiger partial charge on any atom is 0.224 e. The summed E-state index contributed by atoms with van der Waals surface area (Å²) in [5, 5.41) is 3.39. The first-order valence-electron chi connectivity index (χ1n) is 6.92. The highest BCUT2D eigenvalue weighted by molar-refractivity contribution is 5.39. The molecule has 0 aliphatic carbocycles. The number of hydrogen-bond donors (Lipinski definition) is 1. The second-order valence-corrected chi connectivity index (χ2v) is 5.08. The number of imidazole rings is 1. The van der Waals surface area contributed by atoms with Crippen LogP contribution >= 0.6 is 0 Å². The van der Waals surface area contributed by atoms with Gasteiger partial charge in [0, 0.05) is 43.4 Å². The second kappa shape index (κ2) is 5.58. The van der Waals surface area contributed by atoms with Crippen LogP contribution in [0.15, 0.2) is 18.6 Å². The van der Waals surface area contributed by atoms with Gasteiger partial charge in [0.05, 0.1) is 0 Å². The third-order valence-electron chi connectivity index (χ3n) is 3.55. The number of rotatable bonds is 3. The molecular formula is C14H19N5O. The average molecular weight is 273 g/mol. The Kier molecular flexibility index (Phi) is 3.64. The maximum absolute atomic E-state index is 5.36. The molecule has 1 fully saturated rings. The number of hydrogen-bond acceptors (Lipinski definition) is 5. The van der Waals surface area contributed by atoms with Crippen LogP contribution in [0.25, 0.3) is 5.82 Å².